The Balaban J connectivity index is 2.84. The summed E-state index contributed by atoms with van der Waals surface area (Å²) in [5.41, 5.74) is -0.0740. The maximum atomic E-state index is 13.6. The van der Waals surface area contributed by atoms with Crippen LogP contribution in [-0.2, 0) is 4.79 Å². The summed E-state index contributed by atoms with van der Waals surface area (Å²) in [6.45, 7) is 3.30. The van der Waals surface area contributed by atoms with Gasteiger partial charge in [-0.2, -0.15) is 0 Å². The van der Waals surface area contributed by atoms with Crippen LogP contribution in [0.25, 0.3) is 0 Å². The topological polar surface area (TPSA) is 46.2 Å². The van der Waals surface area contributed by atoms with E-state index in [9.17, 15) is 14.0 Å². The highest BCUT2D eigenvalue weighted by atomic mass is 79.9. The zero-order valence-corrected chi connectivity index (χ0v) is 11.2. The first kappa shape index (κ1) is 13.8. The van der Waals surface area contributed by atoms with Gasteiger partial charge in [0, 0.05) is 6.42 Å². The van der Waals surface area contributed by atoms with Crippen LogP contribution in [0.3, 0.4) is 0 Å². The molecule has 0 spiro atoms. The molecular weight excluding hydrogens is 289 g/mol. The Hall–Kier alpha value is -1.23. The molecule has 0 aromatic heterocycles. The Kier molecular flexibility index (Phi) is 4.81. The SMILES string of the molecule is CCC(=O)C(C)NC(=O)c1cccc(Br)c1F. The average Bonchev–Trinajstić information content (AvgIpc) is 2.31. The highest BCUT2D eigenvalue weighted by Gasteiger charge is 2.18. The van der Waals surface area contributed by atoms with Crippen LogP contribution in [0.15, 0.2) is 22.7 Å². The number of benzene rings is 1. The van der Waals surface area contributed by atoms with E-state index in [1.165, 1.54) is 12.1 Å². The predicted molar refractivity (Wildman–Crippen MR) is 66.3 cm³/mol. The molecule has 0 aliphatic rings. The fourth-order valence-corrected chi connectivity index (χ4v) is 1.71. The second-order valence-electron chi connectivity index (χ2n) is 3.62. The van der Waals surface area contributed by atoms with Gasteiger partial charge < -0.3 is 5.32 Å². The molecule has 3 nitrogen and oxygen atoms in total. The molecular formula is C12H13BrFNO2. The van der Waals surface area contributed by atoms with Crippen LogP contribution < -0.4 is 5.32 Å². The van der Waals surface area contributed by atoms with E-state index in [1.807, 2.05) is 0 Å². The van der Waals surface area contributed by atoms with E-state index >= 15 is 0 Å². The lowest BCUT2D eigenvalue weighted by atomic mass is 10.1. The van der Waals surface area contributed by atoms with E-state index < -0.39 is 17.8 Å². The molecule has 1 N–H and O–H groups in total. The molecule has 0 radical (unpaired) electrons. The first-order valence-corrected chi connectivity index (χ1v) is 6.04. The van der Waals surface area contributed by atoms with E-state index in [4.69, 9.17) is 0 Å². The maximum absolute atomic E-state index is 13.6. The van der Waals surface area contributed by atoms with Gasteiger partial charge in [0.25, 0.3) is 5.91 Å². The lowest BCUT2D eigenvalue weighted by Gasteiger charge is -2.12. The van der Waals surface area contributed by atoms with Crippen LogP contribution in [0, 0.1) is 5.82 Å². The largest absolute Gasteiger partial charge is 0.342 e. The minimum Gasteiger partial charge on any atom is -0.342 e. The van der Waals surface area contributed by atoms with Gasteiger partial charge in [-0.15, -0.1) is 0 Å². The highest BCUT2D eigenvalue weighted by molar-refractivity contribution is 9.10. The Morgan fingerprint density at radius 3 is 2.71 bits per heavy atom. The number of carbonyl (C=O) groups is 2. The van der Waals surface area contributed by atoms with E-state index in [2.05, 4.69) is 21.2 Å². The van der Waals surface area contributed by atoms with Crippen LogP contribution in [0.1, 0.15) is 30.6 Å². The minimum absolute atomic E-state index is 0.0740. The summed E-state index contributed by atoms with van der Waals surface area (Å²) in [6, 6.07) is 3.84. The quantitative estimate of drug-likeness (QED) is 0.929. The third-order valence-electron chi connectivity index (χ3n) is 2.38. The molecule has 0 aliphatic heterocycles. The summed E-state index contributed by atoms with van der Waals surface area (Å²) in [7, 11) is 0. The minimum atomic E-state index is -0.624. The Labute approximate surface area is 108 Å². The van der Waals surface area contributed by atoms with Gasteiger partial charge in [0.05, 0.1) is 16.1 Å². The van der Waals surface area contributed by atoms with Crippen molar-refractivity contribution in [3.8, 4) is 0 Å². The molecule has 92 valence electrons. The third kappa shape index (κ3) is 3.36. The highest BCUT2D eigenvalue weighted by Crippen LogP contribution is 2.18. The van der Waals surface area contributed by atoms with Crippen LogP contribution in [-0.4, -0.2) is 17.7 Å². The molecule has 0 aliphatic carbocycles. The van der Waals surface area contributed by atoms with Crippen LogP contribution in [0.5, 0.6) is 0 Å². The molecule has 1 aromatic rings. The second-order valence-corrected chi connectivity index (χ2v) is 4.47. The summed E-state index contributed by atoms with van der Waals surface area (Å²) in [6.07, 6.45) is 0.336. The first-order valence-electron chi connectivity index (χ1n) is 5.25. The number of halogens is 2. The number of carbonyl (C=O) groups excluding carboxylic acids is 2. The monoisotopic (exact) mass is 301 g/mol. The Bertz CT molecular complexity index is 448. The van der Waals surface area contributed by atoms with Crippen molar-refractivity contribution in [2.24, 2.45) is 0 Å². The molecule has 1 rings (SSSR count). The zero-order chi connectivity index (χ0) is 13.0. The number of nitrogens with one attached hydrogen (secondary N) is 1. The van der Waals surface area contributed by atoms with E-state index in [1.54, 1.807) is 19.9 Å². The van der Waals surface area contributed by atoms with Gasteiger partial charge in [-0.3, -0.25) is 9.59 Å². The predicted octanol–water partition coefficient (Wildman–Crippen LogP) is 2.69. The second kappa shape index (κ2) is 5.91. The fourth-order valence-electron chi connectivity index (χ4n) is 1.34. The Morgan fingerprint density at radius 1 is 1.47 bits per heavy atom. The van der Waals surface area contributed by atoms with Crippen molar-refractivity contribution >= 4 is 27.6 Å². The fraction of sp³-hybridized carbons (Fsp3) is 0.333. The smallest absolute Gasteiger partial charge is 0.254 e. The summed E-state index contributed by atoms with van der Waals surface area (Å²) >= 11 is 3.00. The summed E-state index contributed by atoms with van der Waals surface area (Å²) in [5.74, 6) is -1.30. The average molecular weight is 302 g/mol. The number of hydrogen-bond acceptors (Lipinski definition) is 2. The molecule has 17 heavy (non-hydrogen) atoms. The van der Waals surface area contributed by atoms with Crippen LogP contribution >= 0.6 is 15.9 Å². The molecule has 0 saturated carbocycles. The van der Waals surface area contributed by atoms with Crippen molar-refractivity contribution in [1.29, 1.82) is 0 Å². The van der Waals surface area contributed by atoms with Crippen molar-refractivity contribution in [1.82, 2.24) is 5.32 Å². The van der Waals surface area contributed by atoms with Gasteiger partial charge in [-0.25, -0.2) is 4.39 Å². The summed E-state index contributed by atoms with van der Waals surface area (Å²) in [4.78, 5) is 23.0. The number of amides is 1. The lowest BCUT2D eigenvalue weighted by Crippen LogP contribution is -2.38. The summed E-state index contributed by atoms with van der Waals surface area (Å²) in [5, 5.41) is 2.47. The third-order valence-corrected chi connectivity index (χ3v) is 2.99. The van der Waals surface area contributed by atoms with Crippen molar-refractivity contribution in [2.75, 3.05) is 0 Å². The molecule has 0 saturated heterocycles. The molecule has 0 heterocycles. The molecule has 1 amide bonds. The lowest BCUT2D eigenvalue weighted by molar-refractivity contribution is -0.120. The molecule has 1 atom stereocenters. The van der Waals surface area contributed by atoms with Gasteiger partial charge >= 0.3 is 0 Å². The molecule has 0 bridgehead atoms. The van der Waals surface area contributed by atoms with E-state index in [0.29, 0.717) is 6.42 Å². The Morgan fingerprint density at radius 2 is 2.12 bits per heavy atom. The number of Topliss-reactive ketones (excluding diaryl/α,β-unsaturated/α-hetero) is 1. The molecule has 5 heteroatoms. The standard InChI is InChI=1S/C12H13BrFNO2/c1-3-10(16)7(2)15-12(17)8-5-4-6-9(13)11(8)14/h4-7H,3H2,1-2H3,(H,15,17). The molecule has 1 aromatic carbocycles. The molecule has 0 fully saturated rings. The van der Waals surface area contributed by atoms with Gasteiger partial charge in [-0.05, 0) is 35.0 Å². The van der Waals surface area contributed by atoms with Gasteiger partial charge in [0.15, 0.2) is 5.78 Å². The first-order chi connectivity index (χ1) is 7.97. The van der Waals surface area contributed by atoms with Crippen molar-refractivity contribution in [3.63, 3.8) is 0 Å². The number of ketones is 1. The molecule has 1 unspecified atom stereocenters. The zero-order valence-electron chi connectivity index (χ0n) is 9.59. The maximum Gasteiger partial charge on any atom is 0.254 e. The van der Waals surface area contributed by atoms with E-state index in [0.717, 1.165) is 0 Å². The normalized spacial score (nSPS) is 12.0. The van der Waals surface area contributed by atoms with Crippen molar-refractivity contribution < 1.29 is 14.0 Å². The van der Waals surface area contributed by atoms with Crippen molar-refractivity contribution in [2.45, 2.75) is 26.3 Å². The summed E-state index contributed by atoms with van der Waals surface area (Å²) < 4.78 is 13.8. The van der Waals surface area contributed by atoms with Gasteiger partial charge in [-0.1, -0.05) is 13.0 Å². The van der Waals surface area contributed by atoms with Crippen LogP contribution in [0.4, 0.5) is 4.39 Å². The number of hydrogen-bond donors (Lipinski definition) is 1. The van der Waals surface area contributed by atoms with Crippen LogP contribution in [0.2, 0.25) is 0 Å². The van der Waals surface area contributed by atoms with E-state index in [-0.39, 0.29) is 15.8 Å². The van der Waals surface area contributed by atoms with Gasteiger partial charge in [0.2, 0.25) is 0 Å². The van der Waals surface area contributed by atoms with Gasteiger partial charge in [0.1, 0.15) is 5.82 Å². The number of rotatable bonds is 4. The van der Waals surface area contributed by atoms with Crippen molar-refractivity contribution in [3.05, 3.63) is 34.1 Å².